The van der Waals surface area contributed by atoms with Gasteiger partial charge in [0.05, 0.1) is 0 Å². The summed E-state index contributed by atoms with van der Waals surface area (Å²) in [4.78, 5) is 11.3. The average molecular weight is 249 g/mol. The minimum absolute atomic E-state index is 0.619. The second kappa shape index (κ2) is 5.52. The maximum Gasteiger partial charge on any atom is 0.148 e. The van der Waals surface area contributed by atoms with Gasteiger partial charge in [0.15, 0.2) is 0 Å². The van der Waals surface area contributed by atoms with Crippen LogP contribution in [0.5, 0.6) is 0 Å². The summed E-state index contributed by atoms with van der Waals surface area (Å²) in [7, 11) is 0. The molecule has 0 aromatic carbocycles. The third kappa shape index (κ3) is 2.41. The molecular weight excluding hydrogens is 226 g/mol. The van der Waals surface area contributed by atoms with Crippen LogP contribution in [0.1, 0.15) is 44.0 Å². The van der Waals surface area contributed by atoms with Crippen LogP contribution < -0.4 is 16.2 Å². The first-order valence-electron chi connectivity index (χ1n) is 6.75. The number of hydrazine groups is 1. The molecule has 2 rings (SSSR count). The largest absolute Gasteiger partial charge is 0.354 e. The van der Waals surface area contributed by atoms with Gasteiger partial charge in [-0.1, -0.05) is 12.8 Å². The quantitative estimate of drug-likeness (QED) is 0.632. The van der Waals surface area contributed by atoms with Gasteiger partial charge in [-0.05, 0) is 33.6 Å². The Labute approximate surface area is 109 Å². The van der Waals surface area contributed by atoms with E-state index in [2.05, 4.69) is 27.2 Å². The molecule has 18 heavy (non-hydrogen) atoms. The smallest absolute Gasteiger partial charge is 0.148 e. The lowest BCUT2D eigenvalue weighted by Gasteiger charge is -2.30. The zero-order valence-corrected chi connectivity index (χ0v) is 11.5. The molecule has 5 nitrogen and oxygen atoms in total. The predicted molar refractivity (Wildman–Crippen MR) is 74.6 cm³/mol. The molecule has 0 radical (unpaired) electrons. The molecule has 0 amide bonds. The average Bonchev–Trinajstić information content (AvgIpc) is 2.87. The molecule has 1 heterocycles. The SMILES string of the molecule is CCN(c1nc(C)nc(NN)c1C)C1CCCC1. The first-order valence-corrected chi connectivity index (χ1v) is 6.75. The third-order valence-corrected chi connectivity index (χ3v) is 3.75. The summed E-state index contributed by atoms with van der Waals surface area (Å²) in [5.41, 5.74) is 3.71. The van der Waals surface area contributed by atoms with Crippen LogP contribution in [0, 0.1) is 13.8 Å². The molecule has 0 unspecified atom stereocenters. The van der Waals surface area contributed by atoms with Gasteiger partial charge in [0.1, 0.15) is 17.5 Å². The summed E-state index contributed by atoms with van der Waals surface area (Å²) < 4.78 is 0. The highest BCUT2D eigenvalue weighted by molar-refractivity contribution is 5.58. The van der Waals surface area contributed by atoms with E-state index in [0.717, 1.165) is 29.6 Å². The van der Waals surface area contributed by atoms with Crippen molar-refractivity contribution in [1.29, 1.82) is 0 Å². The molecule has 1 aromatic heterocycles. The minimum atomic E-state index is 0.619. The molecule has 0 saturated heterocycles. The topological polar surface area (TPSA) is 67.1 Å². The van der Waals surface area contributed by atoms with E-state index >= 15 is 0 Å². The van der Waals surface area contributed by atoms with Gasteiger partial charge >= 0.3 is 0 Å². The highest BCUT2D eigenvalue weighted by atomic mass is 15.3. The molecule has 0 aliphatic heterocycles. The van der Waals surface area contributed by atoms with Crippen LogP contribution in [0.2, 0.25) is 0 Å². The van der Waals surface area contributed by atoms with Crippen molar-refractivity contribution in [2.24, 2.45) is 5.84 Å². The molecule has 5 heteroatoms. The molecule has 3 N–H and O–H groups in total. The van der Waals surface area contributed by atoms with E-state index in [9.17, 15) is 0 Å². The second-order valence-corrected chi connectivity index (χ2v) is 4.94. The summed E-state index contributed by atoms with van der Waals surface area (Å²) in [5.74, 6) is 8.05. The van der Waals surface area contributed by atoms with Crippen molar-refractivity contribution in [3.05, 3.63) is 11.4 Å². The number of hydrogen-bond acceptors (Lipinski definition) is 5. The molecular formula is C13H23N5. The lowest BCUT2D eigenvalue weighted by Crippen LogP contribution is -2.34. The van der Waals surface area contributed by atoms with Gasteiger partial charge in [0.2, 0.25) is 0 Å². The standard InChI is InChI=1S/C13H23N5/c1-4-18(11-7-5-6-8-11)13-9(2)12(17-14)15-10(3)16-13/h11H,4-8,14H2,1-3H3,(H,15,16,17). The highest BCUT2D eigenvalue weighted by Crippen LogP contribution is 2.30. The monoisotopic (exact) mass is 249 g/mol. The Hall–Kier alpha value is -1.36. The van der Waals surface area contributed by atoms with Crippen molar-refractivity contribution < 1.29 is 0 Å². The number of aromatic nitrogens is 2. The summed E-state index contributed by atoms with van der Waals surface area (Å²) >= 11 is 0. The summed E-state index contributed by atoms with van der Waals surface area (Å²) in [6.07, 6.45) is 5.18. The number of anilines is 2. The Balaban J connectivity index is 2.37. The fourth-order valence-electron chi connectivity index (χ4n) is 2.83. The van der Waals surface area contributed by atoms with Crippen molar-refractivity contribution in [3.8, 4) is 0 Å². The van der Waals surface area contributed by atoms with Crippen molar-refractivity contribution in [2.45, 2.75) is 52.5 Å². The van der Waals surface area contributed by atoms with Crippen molar-refractivity contribution in [1.82, 2.24) is 9.97 Å². The maximum absolute atomic E-state index is 5.52. The first-order chi connectivity index (χ1) is 8.67. The van der Waals surface area contributed by atoms with Crippen LogP contribution in [0.25, 0.3) is 0 Å². The normalized spacial score (nSPS) is 16.0. The Morgan fingerprint density at radius 1 is 1.28 bits per heavy atom. The summed E-state index contributed by atoms with van der Waals surface area (Å²) in [6, 6.07) is 0.619. The Bertz CT molecular complexity index is 412. The minimum Gasteiger partial charge on any atom is -0.354 e. The zero-order chi connectivity index (χ0) is 13.1. The van der Waals surface area contributed by atoms with Crippen LogP contribution in [-0.4, -0.2) is 22.6 Å². The fraction of sp³-hybridized carbons (Fsp3) is 0.692. The molecule has 0 atom stereocenters. The number of nitrogens with one attached hydrogen (secondary N) is 1. The number of nitrogens with zero attached hydrogens (tertiary/aromatic N) is 3. The van der Waals surface area contributed by atoms with E-state index in [1.54, 1.807) is 0 Å². The van der Waals surface area contributed by atoms with Crippen LogP contribution in [0.15, 0.2) is 0 Å². The Morgan fingerprint density at radius 3 is 2.50 bits per heavy atom. The van der Waals surface area contributed by atoms with Gasteiger partial charge in [-0.2, -0.15) is 0 Å². The lowest BCUT2D eigenvalue weighted by atomic mass is 10.2. The van der Waals surface area contributed by atoms with Gasteiger partial charge < -0.3 is 10.3 Å². The number of nitrogens with two attached hydrogens (primary N) is 1. The maximum atomic E-state index is 5.52. The third-order valence-electron chi connectivity index (χ3n) is 3.75. The molecule has 0 bridgehead atoms. The van der Waals surface area contributed by atoms with Crippen LogP contribution in [-0.2, 0) is 0 Å². The van der Waals surface area contributed by atoms with Gasteiger partial charge in [0.25, 0.3) is 0 Å². The second-order valence-electron chi connectivity index (χ2n) is 4.94. The van der Waals surface area contributed by atoms with E-state index in [0.29, 0.717) is 6.04 Å². The molecule has 1 aliphatic carbocycles. The fourth-order valence-corrected chi connectivity index (χ4v) is 2.83. The van der Waals surface area contributed by atoms with Crippen molar-refractivity contribution >= 4 is 11.6 Å². The number of aryl methyl sites for hydroxylation is 1. The van der Waals surface area contributed by atoms with E-state index in [1.165, 1.54) is 25.7 Å². The molecule has 1 fully saturated rings. The molecule has 1 aromatic rings. The summed E-state index contributed by atoms with van der Waals surface area (Å²) in [6.45, 7) is 7.10. The van der Waals surface area contributed by atoms with Crippen LogP contribution >= 0.6 is 0 Å². The van der Waals surface area contributed by atoms with Crippen molar-refractivity contribution in [3.63, 3.8) is 0 Å². The molecule has 100 valence electrons. The molecule has 1 aliphatic rings. The Kier molecular flexibility index (Phi) is 4.01. The van der Waals surface area contributed by atoms with E-state index in [1.807, 2.05) is 13.8 Å². The van der Waals surface area contributed by atoms with E-state index < -0.39 is 0 Å². The van der Waals surface area contributed by atoms with E-state index in [4.69, 9.17) is 5.84 Å². The first kappa shape index (κ1) is 13.1. The molecule has 1 saturated carbocycles. The van der Waals surface area contributed by atoms with Crippen molar-refractivity contribution in [2.75, 3.05) is 16.9 Å². The van der Waals surface area contributed by atoms with Gasteiger partial charge in [-0.25, -0.2) is 15.8 Å². The molecule has 0 spiro atoms. The number of nitrogen functional groups attached to an aromatic ring is 1. The van der Waals surface area contributed by atoms with Gasteiger partial charge in [-0.3, -0.25) is 0 Å². The van der Waals surface area contributed by atoms with Gasteiger partial charge in [0, 0.05) is 18.2 Å². The highest BCUT2D eigenvalue weighted by Gasteiger charge is 2.24. The van der Waals surface area contributed by atoms with E-state index in [-0.39, 0.29) is 0 Å². The zero-order valence-electron chi connectivity index (χ0n) is 11.5. The number of hydrogen-bond donors (Lipinski definition) is 2. The van der Waals surface area contributed by atoms with Crippen LogP contribution in [0.3, 0.4) is 0 Å². The lowest BCUT2D eigenvalue weighted by molar-refractivity contribution is 0.610. The van der Waals surface area contributed by atoms with Gasteiger partial charge in [-0.15, -0.1) is 0 Å². The summed E-state index contributed by atoms with van der Waals surface area (Å²) in [5, 5.41) is 0. The predicted octanol–water partition coefficient (Wildman–Crippen LogP) is 2.15. The van der Waals surface area contributed by atoms with Crippen LogP contribution in [0.4, 0.5) is 11.6 Å². The Morgan fingerprint density at radius 2 is 1.94 bits per heavy atom. The number of rotatable bonds is 4.